The summed E-state index contributed by atoms with van der Waals surface area (Å²) in [6.07, 6.45) is 1.43. The molecule has 0 aliphatic carbocycles. The van der Waals surface area contributed by atoms with Gasteiger partial charge in [0.1, 0.15) is 29.9 Å². The predicted molar refractivity (Wildman–Crippen MR) is 102 cm³/mol. The number of amides is 1. The molecule has 1 heterocycles. The molecule has 0 atom stereocenters. The SMILES string of the molecule is COc1ccc(COc2cc(Nc3nccc(C(N)=O)n3)ccc2C#N)cc1. The van der Waals surface area contributed by atoms with Crippen molar-refractivity contribution in [1.29, 1.82) is 5.26 Å². The number of primary amides is 1. The van der Waals surface area contributed by atoms with Gasteiger partial charge >= 0.3 is 0 Å². The number of carbonyl (C=O) groups is 1. The van der Waals surface area contributed by atoms with Crippen molar-refractivity contribution in [2.45, 2.75) is 6.61 Å². The van der Waals surface area contributed by atoms with Crippen LogP contribution in [0.5, 0.6) is 11.5 Å². The summed E-state index contributed by atoms with van der Waals surface area (Å²) in [6, 6.07) is 16.0. The van der Waals surface area contributed by atoms with Gasteiger partial charge in [-0.25, -0.2) is 9.97 Å². The first kappa shape index (κ1) is 18.7. The Labute approximate surface area is 161 Å². The van der Waals surface area contributed by atoms with E-state index in [0.717, 1.165) is 11.3 Å². The molecule has 8 nitrogen and oxygen atoms in total. The predicted octanol–water partition coefficient (Wildman–Crippen LogP) is 2.78. The normalized spacial score (nSPS) is 10.0. The quantitative estimate of drug-likeness (QED) is 0.651. The molecule has 1 amide bonds. The van der Waals surface area contributed by atoms with Crippen LogP contribution in [0.4, 0.5) is 11.6 Å². The Morgan fingerprint density at radius 2 is 2.00 bits per heavy atom. The van der Waals surface area contributed by atoms with E-state index in [9.17, 15) is 10.1 Å². The summed E-state index contributed by atoms with van der Waals surface area (Å²) in [5.74, 6) is 0.733. The number of aromatic nitrogens is 2. The lowest BCUT2D eigenvalue weighted by Gasteiger charge is -2.11. The summed E-state index contributed by atoms with van der Waals surface area (Å²) >= 11 is 0. The van der Waals surface area contributed by atoms with Crippen molar-refractivity contribution < 1.29 is 14.3 Å². The highest BCUT2D eigenvalue weighted by molar-refractivity contribution is 5.90. The molecule has 0 saturated carbocycles. The van der Waals surface area contributed by atoms with Crippen LogP contribution in [0, 0.1) is 11.3 Å². The summed E-state index contributed by atoms with van der Waals surface area (Å²) < 4.78 is 10.9. The van der Waals surface area contributed by atoms with E-state index in [1.54, 1.807) is 25.3 Å². The molecular formula is C20H17N5O3. The van der Waals surface area contributed by atoms with Crippen molar-refractivity contribution in [3.63, 3.8) is 0 Å². The molecule has 0 saturated heterocycles. The monoisotopic (exact) mass is 375 g/mol. The van der Waals surface area contributed by atoms with Crippen LogP contribution in [0.3, 0.4) is 0 Å². The zero-order chi connectivity index (χ0) is 19.9. The molecule has 0 bridgehead atoms. The Kier molecular flexibility index (Phi) is 5.67. The maximum absolute atomic E-state index is 11.2. The smallest absolute Gasteiger partial charge is 0.267 e. The van der Waals surface area contributed by atoms with Crippen LogP contribution in [0.2, 0.25) is 0 Å². The van der Waals surface area contributed by atoms with E-state index in [1.165, 1.54) is 12.3 Å². The van der Waals surface area contributed by atoms with Gasteiger partial charge in [-0.1, -0.05) is 12.1 Å². The molecule has 0 spiro atoms. The minimum absolute atomic E-state index is 0.0992. The second kappa shape index (κ2) is 8.51. The highest BCUT2D eigenvalue weighted by Gasteiger charge is 2.09. The highest BCUT2D eigenvalue weighted by Crippen LogP contribution is 2.25. The third kappa shape index (κ3) is 4.53. The summed E-state index contributed by atoms with van der Waals surface area (Å²) in [7, 11) is 1.60. The molecular weight excluding hydrogens is 358 g/mol. The Hall–Kier alpha value is -4.12. The van der Waals surface area contributed by atoms with Gasteiger partial charge in [0, 0.05) is 18.0 Å². The van der Waals surface area contributed by atoms with Crippen LogP contribution >= 0.6 is 0 Å². The van der Waals surface area contributed by atoms with Crippen molar-refractivity contribution in [2.75, 3.05) is 12.4 Å². The fraction of sp³-hybridized carbons (Fsp3) is 0.100. The summed E-state index contributed by atoms with van der Waals surface area (Å²) in [4.78, 5) is 19.3. The molecule has 28 heavy (non-hydrogen) atoms. The standard InChI is InChI=1S/C20H17N5O3/c1-27-16-6-2-13(3-7-16)12-28-18-10-15(5-4-14(18)11-21)24-20-23-9-8-17(25-20)19(22)26/h2-10H,12H2,1H3,(H2,22,26)(H,23,24,25). The van der Waals surface area contributed by atoms with Gasteiger partial charge in [0.2, 0.25) is 5.95 Å². The van der Waals surface area contributed by atoms with E-state index in [-0.39, 0.29) is 18.2 Å². The Bertz CT molecular complexity index is 1030. The Morgan fingerprint density at radius 1 is 1.21 bits per heavy atom. The zero-order valence-electron chi connectivity index (χ0n) is 15.0. The van der Waals surface area contributed by atoms with E-state index < -0.39 is 5.91 Å². The Morgan fingerprint density at radius 3 is 2.68 bits per heavy atom. The second-order valence-electron chi connectivity index (χ2n) is 5.71. The van der Waals surface area contributed by atoms with Crippen LogP contribution in [-0.4, -0.2) is 23.0 Å². The average molecular weight is 375 g/mol. The fourth-order valence-corrected chi connectivity index (χ4v) is 2.38. The van der Waals surface area contributed by atoms with Crippen LogP contribution in [0.25, 0.3) is 0 Å². The number of nitriles is 1. The number of nitrogens with zero attached hydrogens (tertiary/aromatic N) is 3. The van der Waals surface area contributed by atoms with Gasteiger partial charge in [0.15, 0.2) is 0 Å². The van der Waals surface area contributed by atoms with Crippen LogP contribution in [-0.2, 0) is 6.61 Å². The van der Waals surface area contributed by atoms with Crippen LogP contribution in [0.1, 0.15) is 21.6 Å². The van der Waals surface area contributed by atoms with E-state index in [0.29, 0.717) is 17.0 Å². The molecule has 3 N–H and O–H groups in total. The summed E-state index contributed by atoms with van der Waals surface area (Å²) in [6.45, 7) is 0.287. The fourth-order valence-electron chi connectivity index (χ4n) is 2.38. The molecule has 8 heteroatoms. The highest BCUT2D eigenvalue weighted by atomic mass is 16.5. The first-order chi connectivity index (χ1) is 13.6. The minimum atomic E-state index is -0.645. The van der Waals surface area contributed by atoms with Crippen molar-refractivity contribution in [2.24, 2.45) is 5.73 Å². The van der Waals surface area contributed by atoms with Crippen LogP contribution in [0.15, 0.2) is 54.7 Å². The van der Waals surface area contributed by atoms with E-state index in [2.05, 4.69) is 21.4 Å². The molecule has 2 aromatic carbocycles. The average Bonchev–Trinajstić information content (AvgIpc) is 2.73. The topological polar surface area (TPSA) is 123 Å². The van der Waals surface area contributed by atoms with Gasteiger partial charge in [0.05, 0.1) is 12.7 Å². The molecule has 0 radical (unpaired) electrons. The summed E-state index contributed by atoms with van der Waals surface area (Å²) in [5.41, 5.74) is 7.26. The van der Waals surface area contributed by atoms with Gasteiger partial charge in [0.25, 0.3) is 5.91 Å². The lowest BCUT2D eigenvalue weighted by molar-refractivity contribution is 0.0995. The number of carbonyl (C=O) groups excluding carboxylic acids is 1. The Balaban J connectivity index is 1.76. The van der Waals surface area contributed by atoms with Gasteiger partial charge in [-0.05, 0) is 35.9 Å². The molecule has 0 fully saturated rings. The molecule has 1 aromatic heterocycles. The molecule has 140 valence electrons. The van der Waals surface area contributed by atoms with Gasteiger partial charge in [-0.3, -0.25) is 4.79 Å². The van der Waals surface area contributed by atoms with Crippen molar-refractivity contribution in [3.8, 4) is 17.6 Å². The molecule has 0 aliphatic heterocycles. The maximum atomic E-state index is 11.2. The number of anilines is 2. The van der Waals surface area contributed by atoms with Crippen LogP contribution < -0.4 is 20.5 Å². The number of nitrogens with one attached hydrogen (secondary N) is 1. The lowest BCUT2D eigenvalue weighted by Crippen LogP contribution is -2.14. The van der Waals surface area contributed by atoms with Crippen molar-refractivity contribution >= 4 is 17.5 Å². The van der Waals surface area contributed by atoms with Crippen molar-refractivity contribution in [1.82, 2.24) is 9.97 Å². The number of hydrogen-bond acceptors (Lipinski definition) is 7. The van der Waals surface area contributed by atoms with E-state index in [1.807, 2.05) is 24.3 Å². The van der Waals surface area contributed by atoms with E-state index >= 15 is 0 Å². The first-order valence-electron chi connectivity index (χ1n) is 8.29. The van der Waals surface area contributed by atoms with E-state index in [4.69, 9.17) is 15.2 Å². The first-order valence-corrected chi connectivity index (χ1v) is 8.29. The minimum Gasteiger partial charge on any atom is -0.497 e. The van der Waals surface area contributed by atoms with Gasteiger partial charge in [-0.15, -0.1) is 0 Å². The number of ether oxygens (including phenoxy) is 2. The molecule has 0 aliphatic rings. The third-order valence-corrected chi connectivity index (χ3v) is 3.82. The zero-order valence-corrected chi connectivity index (χ0v) is 15.0. The lowest BCUT2D eigenvalue weighted by atomic mass is 10.2. The number of rotatable bonds is 7. The third-order valence-electron chi connectivity index (χ3n) is 3.82. The number of hydrogen-bond donors (Lipinski definition) is 2. The second-order valence-corrected chi connectivity index (χ2v) is 5.71. The number of benzene rings is 2. The van der Waals surface area contributed by atoms with Gasteiger partial charge in [-0.2, -0.15) is 5.26 Å². The number of methoxy groups -OCH3 is 1. The maximum Gasteiger partial charge on any atom is 0.267 e. The molecule has 3 aromatic rings. The molecule has 0 unspecified atom stereocenters. The van der Waals surface area contributed by atoms with Gasteiger partial charge < -0.3 is 20.5 Å². The largest absolute Gasteiger partial charge is 0.497 e. The number of nitrogens with two attached hydrogens (primary N) is 1. The van der Waals surface area contributed by atoms with Crippen molar-refractivity contribution in [3.05, 3.63) is 71.5 Å². The molecule has 3 rings (SSSR count). The summed E-state index contributed by atoms with van der Waals surface area (Å²) in [5, 5.41) is 12.3.